The number of amides is 5. The molecule has 0 unspecified atom stereocenters. The number of methoxy groups -OCH3 is 1. The number of primary amides is 4. The van der Waals surface area contributed by atoms with Crippen molar-refractivity contribution >= 4 is 191 Å². The number of benzene rings is 1. The fourth-order valence-electron chi connectivity index (χ4n) is 12.6. The van der Waals surface area contributed by atoms with E-state index in [4.69, 9.17) is 76.7 Å². The molecule has 804 valence electrons. The molecule has 10 heterocycles. The number of hydrogen-bond donors (Lipinski definition) is 12. The molecule has 8 aromatic rings. The number of thiocarbonyl (C=S) groups is 1. The number of carbonyl (C=O) groups is 6. The van der Waals surface area contributed by atoms with E-state index in [0.29, 0.717) is 111 Å². The summed E-state index contributed by atoms with van der Waals surface area (Å²) in [5.74, 6) is 3.02. The van der Waals surface area contributed by atoms with Gasteiger partial charge in [-0.25, -0.2) is 31.1 Å². The molecule has 7 aromatic heterocycles. The number of fused-ring (bicyclic) bond motifs is 2. The molecule has 0 atom stereocenters. The Kier molecular flexibility index (Phi) is 53.6. The summed E-state index contributed by atoms with van der Waals surface area (Å²) in [6, 6.07) is 17.8. The van der Waals surface area contributed by atoms with E-state index in [0.717, 1.165) is 195 Å². The maximum atomic E-state index is 12.4. The second-order valence-electron chi connectivity index (χ2n) is 31.5. The van der Waals surface area contributed by atoms with Gasteiger partial charge in [0.1, 0.15) is 59.9 Å². The van der Waals surface area contributed by atoms with Crippen LogP contribution in [0.15, 0.2) is 85.3 Å². The molecule has 18 N–H and O–H groups in total. The van der Waals surface area contributed by atoms with Gasteiger partial charge in [-0.3, -0.25) is 28.8 Å². The Morgan fingerprint density at radius 3 is 1.39 bits per heavy atom. The van der Waals surface area contributed by atoms with E-state index in [-0.39, 0.29) is 62.8 Å². The number of anilines is 5. The molecule has 0 aliphatic carbocycles. The first-order chi connectivity index (χ1) is 68.8. The van der Waals surface area contributed by atoms with Gasteiger partial charge in [0, 0.05) is 107 Å². The van der Waals surface area contributed by atoms with Gasteiger partial charge in [0.25, 0.3) is 18.4 Å². The number of ether oxygens (including phenoxy) is 3. The molecule has 147 heavy (non-hydrogen) atoms. The molecular weight excluding hydrogens is 2120 g/mol. The number of nitrogens with two attached hydrogens (primary N) is 7. The number of nitrogen functional groups attached to an aromatic ring is 2. The Bertz CT molecular complexity index is 6540. The van der Waals surface area contributed by atoms with E-state index in [1.54, 1.807) is 11.8 Å². The molecule has 0 saturated carbocycles. The number of sulfonamides is 2. The molecular formula is C89H113F9N22O18S9. The Labute approximate surface area is 870 Å². The largest absolute Gasteiger partial charge is 0.534 e. The van der Waals surface area contributed by atoms with Crippen LogP contribution in [-0.2, 0) is 90.9 Å². The monoisotopic (exact) mass is 2240 g/mol. The lowest BCUT2D eigenvalue weighted by Crippen LogP contribution is -2.50. The molecule has 0 radical (unpaired) electrons. The highest BCUT2D eigenvalue weighted by atomic mass is 32.3. The number of unbranched alkanes of at least 4 members (excludes halogenated alkanes) is 1. The number of carbonyl (C=O) groups excluding carboxylic acids is 6. The number of thiophene rings is 2. The number of aryl methyl sites for hydroxylation is 5. The second-order valence-corrected chi connectivity index (χ2v) is 41.7. The lowest BCUT2D eigenvalue weighted by atomic mass is 10.1. The summed E-state index contributed by atoms with van der Waals surface area (Å²) in [6.07, 6.45) is 9.12. The highest BCUT2D eigenvalue weighted by Crippen LogP contribution is 2.42. The number of aromatic amines is 2. The number of para-hydroxylation sites is 1. The topological polar surface area (TPSA) is 641 Å². The van der Waals surface area contributed by atoms with Crippen LogP contribution in [0, 0.1) is 52.4 Å². The second kappa shape index (κ2) is 61.3. The van der Waals surface area contributed by atoms with E-state index in [1.165, 1.54) is 41.9 Å². The molecule has 58 heteroatoms. The zero-order valence-corrected chi connectivity index (χ0v) is 88.7. The van der Waals surface area contributed by atoms with E-state index < -0.39 is 97.2 Å². The number of alkyl halides is 9. The van der Waals surface area contributed by atoms with Crippen LogP contribution in [0.25, 0.3) is 25.3 Å². The van der Waals surface area contributed by atoms with Crippen molar-refractivity contribution in [1.29, 1.82) is 15.8 Å². The number of thiol groups is 1. The van der Waals surface area contributed by atoms with E-state index >= 15 is 0 Å². The number of hydrogen-bond acceptors (Lipinski definition) is 36. The molecule has 1 aromatic carbocycles. The highest BCUT2D eigenvalue weighted by Gasteiger charge is 2.62. The molecule has 11 rings (SSSR count). The predicted octanol–water partition coefficient (Wildman–Crippen LogP) is 11.3. The maximum absolute atomic E-state index is 12.4. The van der Waals surface area contributed by atoms with Gasteiger partial charge in [-0.2, -0.15) is 80.6 Å². The van der Waals surface area contributed by atoms with Gasteiger partial charge in [-0.05, 0) is 111 Å². The van der Waals surface area contributed by atoms with Crippen molar-refractivity contribution in [3.63, 3.8) is 0 Å². The average molecular weight is 2240 g/mol. The van der Waals surface area contributed by atoms with E-state index in [1.807, 2.05) is 59.7 Å². The zero-order valence-electron chi connectivity index (χ0n) is 81.3. The Hall–Kier alpha value is -12.5. The van der Waals surface area contributed by atoms with Crippen molar-refractivity contribution in [2.75, 3.05) is 129 Å². The van der Waals surface area contributed by atoms with Gasteiger partial charge in [0.2, 0.25) is 28.8 Å². The molecule has 5 amide bonds. The molecule has 3 saturated heterocycles. The molecule has 3 aliphatic heterocycles. The van der Waals surface area contributed by atoms with Crippen molar-refractivity contribution in [3.8, 4) is 35.9 Å². The number of nitriles is 3. The summed E-state index contributed by atoms with van der Waals surface area (Å²) in [5, 5.41) is 35.9. The fraction of sp³-hybridized carbons (Fsp3) is 0.461. The number of nitrogens with one attached hydrogen (secondary N) is 4. The third kappa shape index (κ3) is 40.9. The number of piperazine rings is 2. The normalized spacial score (nSPS) is 12.9. The highest BCUT2D eigenvalue weighted by molar-refractivity contribution is 8.11. The van der Waals surface area contributed by atoms with Gasteiger partial charge in [0.05, 0.1) is 75.6 Å². The predicted molar refractivity (Wildman–Crippen MR) is 551 cm³/mol. The summed E-state index contributed by atoms with van der Waals surface area (Å²) in [4.78, 5) is 120. The lowest BCUT2D eigenvalue weighted by molar-refractivity contribution is -0.133. The number of H-pyrrole nitrogens is 2. The van der Waals surface area contributed by atoms with Gasteiger partial charge in [-0.1, -0.05) is 134 Å². The smallest absolute Gasteiger partial charge is 0.459 e. The fourth-order valence-corrected chi connectivity index (χ4v) is 19.6. The number of esters is 1. The standard InChI is InChI=1S/C20H29N5O3S.C15H21N5OS.C12H12F3N3O4S2.C11H13N3O2S.C9H10N2OS.C8H5F6NO4S2.C7H10O2.C4H9NO.C3H4N2S/c1-5-6-12-11-13(23-18-14(12)15(21)16(29-18)17(22)26)24-7-9-25(10-8-24)19(27)28-20(2,3)4;1-2-3-9-8-10(20-6-4-18-5-7-20)19-15-11(9)12(16)13(22-15)14(17)21;1-2-3-7-4-10(22-24(20,21)12(13,14)15)18-11(8(7)5-16)23-6-9(17)19;1-2-3-7-4-10(16)14-11(8(7)5-12)17-6-9(13)15;1-2-3-6-4-8(12)11-9(13)7(6)5-10;9-7(10,11)20(16,17)15(6-4-2-1-3-5-6)21(18,19)8(12,13)14;1-3-4-5-6-7(8)9-2;1-3-6-4-2-5-1;1-5-2-3(4)6/h11H,5-10,21H2,1-4H3,(H2,22,26);8,18H,2-7,16H2,1H3,(H2,17,21);4H,2-3,6H2,1H3,(H2,17,19);4H,2-3,6H2,1H3,(H2,13,15)(H,14,16);4H,2-3H2,1H3,(H2,11,12,13);1-5H;3-4H2,1-2H3;5H,1-4H2;2H2,(H2,4,6). The SMILES string of the molecule is C1COCCN1.CCCC#CC(=O)OC.CCCc1cc(=O)[nH]c(S)c1C#N.CCCc1cc(=O)[nH]c(SCC(N)=O)c1C#N.CCCc1cc(N2CCN(C(=O)OC(C)(C)C)CC2)nc2sc(C(N)=O)c(N)c12.CCCc1cc(N2CCNCC2)nc2sc(C(N)=O)c(N)c12.CCCc1cc(OS(=O)(=O)C(F)(F)F)nc(SCC(N)=O)c1C#N.O=S(=O)(N(c1ccccc1)S(=O)(=O)C(F)(F)F)C(F)(F)F.[C-]#[N+]CC(N)=S. The Morgan fingerprint density at radius 2 is 1.02 bits per heavy atom. The first kappa shape index (κ1) is 129. The Morgan fingerprint density at radius 1 is 0.592 bits per heavy atom. The third-order valence-corrected chi connectivity index (χ3v) is 28.2. The summed E-state index contributed by atoms with van der Waals surface area (Å²) < 4.78 is 196. The van der Waals surface area contributed by atoms with Crippen LogP contribution >= 0.6 is 71.0 Å². The minimum absolute atomic E-state index is 0.0276. The number of rotatable bonds is 27. The first-order valence-electron chi connectivity index (χ1n) is 44.3. The van der Waals surface area contributed by atoms with Gasteiger partial charge >= 0.3 is 58.8 Å². The molecule has 3 fully saturated rings. The van der Waals surface area contributed by atoms with Crippen LogP contribution in [-0.4, -0.2) is 222 Å². The summed E-state index contributed by atoms with van der Waals surface area (Å²) >= 11 is 12.7. The van der Waals surface area contributed by atoms with E-state index in [9.17, 15) is 108 Å². The quantitative estimate of drug-likeness (QED) is 0.00217. The van der Waals surface area contributed by atoms with Crippen molar-refractivity contribution in [3.05, 3.63) is 147 Å². The van der Waals surface area contributed by atoms with Crippen LogP contribution in [0.5, 0.6) is 5.88 Å². The number of pyridine rings is 5. The van der Waals surface area contributed by atoms with Crippen LogP contribution in [0.4, 0.5) is 73.0 Å². The molecule has 3 aliphatic rings. The number of halogens is 9. The van der Waals surface area contributed by atoms with Crippen molar-refractivity contribution in [1.82, 2.24) is 40.5 Å². The van der Waals surface area contributed by atoms with Gasteiger partial charge in [0.15, 0.2) is 4.99 Å². The molecule has 0 spiro atoms. The number of aromatic nitrogens is 5. The van der Waals surface area contributed by atoms with Crippen molar-refractivity contribution in [2.45, 2.75) is 177 Å². The minimum atomic E-state index is -6.81. The van der Waals surface area contributed by atoms with Crippen LogP contribution in [0.2, 0.25) is 0 Å². The minimum Gasteiger partial charge on any atom is -0.459 e. The average Bonchev–Trinajstić information content (AvgIpc) is 1.15. The van der Waals surface area contributed by atoms with Gasteiger partial charge in [-0.15, -0.1) is 39.0 Å². The number of thioether (sulfide) groups is 2. The van der Waals surface area contributed by atoms with Crippen LogP contribution in [0.1, 0.15) is 171 Å². The number of nitrogens with zero attached hydrogens (tertiary/aromatic N) is 11. The van der Waals surface area contributed by atoms with Crippen LogP contribution < -0.4 is 79.6 Å². The molecule has 40 nitrogen and oxygen atoms in total. The number of morpholine rings is 1. The summed E-state index contributed by atoms with van der Waals surface area (Å²) in [7, 11) is -18.2. The third-order valence-electron chi connectivity index (χ3n) is 18.9. The van der Waals surface area contributed by atoms with Crippen molar-refractivity contribution in [2.24, 2.45) is 28.7 Å². The van der Waals surface area contributed by atoms with Gasteiger partial charge < -0.3 is 98.7 Å². The summed E-state index contributed by atoms with van der Waals surface area (Å²) in [6.45, 7) is 34.0. The zero-order chi connectivity index (χ0) is 111. The summed E-state index contributed by atoms with van der Waals surface area (Å²) in [5.41, 5.74) is 23.6. The first-order valence-corrected chi connectivity index (χ1v) is 53.0. The molecule has 0 bridgehead atoms. The van der Waals surface area contributed by atoms with Crippen molar-refractivity contribution < 1.29 is 112 Å². The maximum Gasteiger partial charge on any atom is 0.534 e. The van der Waals surface area contributed by atoms with E-state index in [2.05, 4.69) is 112 Å². The Balaban J connectivity index is 0.000000440. The van der Waals surface area contributed by atoms with Crippen LogP contribution in [0.3, 0.4) is 0 Å². The lowest BCUT2D eigenvalue weighted by Gasteiger charge is -2.36.